The van der Waals surface area contributed by atoms with Gasteiger partial charge in [-0.1, -0.05) is 0 Å². The number of anilines is 1. The number of hydrogen-bond acceptors (Lipinski definition) is 2. The molecule has 0 radical (unpaired) electrons. The normalized spacial score (nSPS) is 15.8. The summed E-state index contributed by atoms with van der Waals surface area (Å²) in [4.78, 5) is 24.8. The van der Waals surface area contributed by atoms with Crippen molar-refractivity contribution >= 4 is 17.6 Å². The predicted molar refractivity (Wildman–Crippen MR) is 73.8 cm³/mol. The van der Waals surface area contributed by atoms with Crippen molar-refractivity contribution in [3.8, 4) is 0 Å². The van der Waals surface area contributed by atoms with Crippen LogP contribution in [0.2, 0.25) is 0 Å². The molecular weight excluding hydrogens is 261 g/mol. The highest BCUT2D eigenvalue weighted by molar-refractivity contribution is 5.89. The third kappa shape index (κ3) is 3.94. The van der Waals surface area contributed by atoms with E-state index in [2.05, 4.69) is 10.6 Å². The lowest BCUT2D eigenvalue weighted by Gasteiger charge is -2.31. The average molecular weight is 279 g/mol. The summed E-state index contributed by atoms with van der Waals surface area (Å²) < 4.78 is 12.7. The van der Waals surface area contributed by atoms with Crippen molar-refractivity contribution in [3.05, 3.63) is 30.1 Å². The zero-order chi connectivity index (χ0) is 14.5. The molecule has 1 heterocycles. The van der Waals surface area contributed by atoms with E-state index in [4.69, 9.17) is 0 Å². The zero-order valence-electron chi connectivity index (χ0n) is 11.4. The molecule has 1 aromatic carbocycles. The minimum atomic E-state index is -0.340. The van der Waals surface area contributed by atoms with Crippen LogP contribution >= 0.6 is 0 Å². The number of urea groups is 1. The van der Waals surface area contributed by atoms with E-state index < -0.39 is 0 Å². The van der Waals surface area contributed by atoms with Crippen molar-refractivity contribution in [1.82, 2.24) is 10.2 Å². The largest absolute Gasteiger partial charge is 0.343 e. The Labute approximate surface area is 117 Å². The molecule has 0 aliphatic carbocycles. The first kappa shape index (κ1) is 14.3. The standard InChI is InChI=1S/C14H18FN3O2/c1-10(19)18-8-6-13(7-9-18)17-14(20)16-12-4-2-11(15)3-5-12/h2-5,13H,6-9H2,1H3,(H2,16,17,20). The number of piperidine rings is 1. The first-order valence-electron chi connectivity index (χ1n) is 6.63. The van der Waals surface area contributed by atoms with Gasteiger partial charge >= 0.3 is 6.03 Å². The molecule has 0 spiro atoms. The summed E-state index contributed by atoms with van der Waals surface area (Å²) in [5.74, 6) is -0.272. The second-order valence-corrected chi connectivity index (χ2v) is 4.89. The van der Waals surface area contributed by atoms with Crippen LogP contribution in [0.3, 0.4) is 0 Å². The molecule has 1 saturated heterocycles. The maximum atomic E-state index is 12.7. The molecule has 0 bridgehead atoms. The van der Waals surface area contributed by atoms with Crippen LogP contribution in [0.25, 0.3) is 0 Å². The van der Waals surface area contributed by atoms with E-state index in [0.717, 1.165) is 12.8 Å². The van der Waals surface area contributed by atoms with Crippen molar-refractivity contribution < 1.29 is 14.0 Å². The lowest BCUT2D eigenvalue weighted by atomic mass is 10.1. The number of carbonyl (C=O) groups is 2. The highest BCUT2D eigenvalue weighted by Crippen LogP contribution is 2.11. The topological polar surface area (TPSA) is 61.4 Å². The van der Waals surface area contributed by atoms with Gasteiger partial charge in [0.05, 0.1) is 0 Å². The summed E-state index contributed by atoms with van der Waals surface area (Å²) in [5.41, 5.74) is 0.546. The molecular formula is C14H18FN3O2. The summed E-state index contributed by atoms with van der Waals surface area (Å²) in [7, 11) is 0. The fourth-order valence-electron chi connectivity index (χ4n) is 2.22. The van der Waals surface area contributed by atoms with Crippen LogP contribution < -0.4 is 10.6 Å². The molecule has 6 heteroatoms. The number of hydrogen-bond donors (Lipinski definition) is 2. The van der Waals surface area contributed by atoms with Gasteiger partial charge < -0.3 is 15.5 Å². The summed E-state index contributed by atoms with van der Waals surface area (Å²) in [5, 5.41) is 5.51. The van der Waals surface area contributed by atoms with Crippen LogP contribution in [0.1, 0.15) is 19.8 Å². The van der Waals surface area contributed by atoms with Crippen LogP contribution in [0.15, 0.2) is 24.3 Å². The van der Waals surface area contributed by atoms with Gasteiger partial charge in [-0.25, -0.2) is 9.18 Å². The summed E-state index contributed by atoms with van der Waals surface area (Å²) in [6.07, 6.45) is 1.49. The van der Waals surface area contributed by atoms with Gasteiger partial charge in [0, 0.05) is 31.7 Å². The Kier molecular flexibility index (Phi) is 4.55. The molecule has 1 aliphatic heterocycles. The number of benzene rings is 1. The molecule has 0 aromatic heterocycles. The van der Waals surface area contributed by atoms with Crippen LogP contribution in [0.5, 0.6) is 0 Å². The van der Waals surface area contributed by atoms with Gasteiger partial charge in [-0.15, -0.1) is 0 Å². The van der Waals surface area contributed by atoms with Crippen LogP contribution in [-0.2, 0) is 4.79 Å². The van der Waals surface area contributed by atoms with E-state index in [1.807, 2.05) is 0 Å². The highest BCUT2D eigenvalue weighted by Gasteiger charge is 2.21. The molecule has 108 valence electrons. The quantitative estimate of drug-likeness (QED) is 0.869. The van der Waals surface area contributed by atoms with Crippen LogP contribution in [0, 0.1) is 5.82 Å². The Morgan fingerprint density at radius 2 is 1.80 bits per heavy atom. The maximum absolute atomic E-state index is 12.7. The van der Waals surface area contributed by atoms with Gasteiger partial charge in [0.2, 0.25) is 5.91 Å². The van der Waals surface area contributed by atoms with Crippen LogP contribution in [0.4, 0.5) is 14.9 Å². The number of halogens is 1. The Balaban J connectivity index is 1.78. The predicted octanol–water partition coefficient (Wildman–Crippen LogP) is 1.96. The lowest BCUT2D eigenvalue weighted by molar-refractivity contribution is -0.129. The van der Waals surface area contributed by atoms with Crippen molar-refractivity contribution in [2.75, 3.05) is 18.4 Å². The van der Waals surface area contributed by atoms with Gasteiger partial charge in [0.15, 0.2) is 0 Å². The molecule has 0 saturated carbocycles. The van der Waals surface area contributed by atoms with Crippen LogP contribution in [-0.4, -0.2) is 36.0 Å². The number of likely N-dealkylation sites (tertiary alicyclic amines) is 1. The van der Waals surface area contributed by atoms with Crippen molar-refractivity contribution in [3.63, 3.8) is 0 Å². The van der Waals surface area contributed by atoms with E-state index in [1.54, 1.807) is 11.8 Å². The van der Waals surface area contributed by atoms with Crippen molar-refractivity contribution in [1.29, 1.82) is 0 Å². The maximum Gasteiger partial charge on any atom is 0.319 e. The Morgan fingerprint density at radius 3 is 2.35 bits per heavy atom. The summed E-state index contributed by atoms with van der Waals surface area (Å²) in [6, 6.07) is 5.35. The van der Waals surface area contributed by atoms with Gasteiger partial charge in [0.25, 0.3) is 0 Å². The second kappa shape index (κ2) is 6.36. The Morgan fingerprint density at radius 1 is 1.20 bits per heavy atom. The molecule has 2 rings (SSSR count). The molecule has 3 amide bonds. The number of nitrogens with one attached hydrogen (secondary N) is 2. The number of nitrogens with zero attached hydrogens (tertiary/aromatic N) is 1. The van der Waals surface area contributed by atoms with E-state index in [1.165, 1.54) is 24.3 Å². The second-order valence-electron chi connectivity index (χ2n) is 4.89. The molecule has 2 N–H and O–H groups in total. The van der Waals surface area contributed by atoms with Crippen molar-refractivity contribution in [2.45, 2.75) is 25.8 Å². The fraction of sp³-hybridized carbons (Fsp3) is 0.429. The first-order valence-corrected chi connectivity index (χ1v) is 6.63. The molecule has 20 heavy (non-hydrogen) atoms. The van der Waals surface area contributed by atoms with Gasteiger partial charge in [0.1, 0.15) is 5.82 Å². The van der Waals surface area contributed by atoms with E-state index in [9.17, 15) is 14.0 Å². The van der Waals surface area contributed by atoms with Gasteiger partial charge in [-0.2, -0.15) is 0 Å². The molecule has 5 nitrogen and oxygen atoms in total. The molecule has 0 atom stereocenters. The monoisotopic (exact) mass is 279 g/mol. The number of rotatable bonds is 2. The Bertz CT molecular complexity index is 482. The molecule has 1 aliphatic rings. The summed E-state index contributed by atoms with van der Waals surface area (Å²) >= 11 is 0. The van der Waals surface area contributed by atoms with E-state index in [0.29, 0.717) is 18.8 Å². The molecule has 1 fully saturated rings. The zero-order valence-corrected chi connectivity index (χ0v) is 11.4. The smallest absolute Gasteiger partial charge is 0.319 e. The third-order valence-electron chi connectivity index (χ3n) is 3.38. The SMILES string of the molecule is CC(=O)N1CCC(NC(=O)Nc2ccc(F)cc2)CC1. The van der Waals surface area contributed by atoms with Crippen molar-refractivity contribution in [2.24, 2.45) is 0 Å². The minimum absolute atomic E-state index is 0.0612. The minimum Gasteiger partial charge on any atom is -0.343 e. The number of amides is 3. The lowest BCUT2D eigenvalue weighted by Crippen LogP contribution is -2.47. The summed E-state index contributed by atoms with van der Waals surface area (Å²) in [6.45, 7) is 2.88. The van der Waals surface area contributed by atoms with Gasteiger partial charge in [-0.3, -0.25) is 4.79 Å². The average Bonchev–Trinajstić information content (AvgIpc) is 2.42. The molecule has 0 unspecified atom stereocenters. The fourth-order valence-corrected chi connectivity index (χ4v) is 2.22. The Hall–Kier alpha value is -2.11. The molecule has 1 aromatic rings. The van der Waals surface area contributed by atoms with Gasteiger partial charge in [-0.05, 0) is 37.1 Å². The van der Waals surface area contributed by atoms with E-state index in [-0.39, 0.29) is 23.8 Å². The third-order valence-corrected chi connectivity index (χ3v) is 3.38. The number of carbonyl (C=O) groups excluding carboxylic acids is 2. The highest BCUT2D eigenvalue weighted by atomic mass is 19.1. The van der Waals surface area contributed by atoms with E-state index >= 15 is 0 Å². The first-order chi connectivity index (χ1) is 9.54.